The van der Waals surface area contributed by atoms with Gasteiger partial charge >= 0.3 is 11.9 Å². The molecule has 0 aromatic heterocycles. The van der Waals surface area contributed by atoms with E-state index in [0.717, 1.165) is 12.8 Å². The molecule has 1 amide bonds. The summed E-state index contributed by atoms with van der Waals surface area (Å²) in [5, 5.41) is 11.3. The maximum atomic E-state index is 11.8. The highest BCUT2D eigenvalue weighted by atomic mass is 16.5. The van der Waals surface area contributed by atoms with Gasteiger partial charge in [0.15, 0.2) is 0 Å². The van der Waals surface area contributed by atoms with Crippen molar-refractivity contribution >= 4 is 17.8 Å². The van der Waals surface area contributed by atoms with Gasteiger partial charge in [-0.1, -0.05) is 0 Å². The van der Waals surface area contributed by atoms with Gasteiger partial charge in [-0.2, -0.15) is 0 Å². The molecule has 0 bridgehead atoms. The van der Waals surface area contributed by atoms with Crippen molar-refractivity contribution in [2.75, 3.05) is 26.7 Å². The predicted octanol–water partition coefficient (Wildman–Crippen LogP) is -1.46. The predicted molar refractivity (Wildman–Crippen MR) is 69.8 cm³/mol. The number of aliphatic carboxylic acids is 1. The van der Waals surface area contributed by atoms with Gasteiger partial charge in [0.05, 0.1) is 20.1 Å². The van der Waals surface area contributed by atoms with Crippen LogP contribution in [0.25, 0.3) is 0 Å². The van der Waals surface area contributed by atoms with Crippen molar-refractivity contribution in [1.29, 1.82) is 0 Å². The smallest absolute Gasteiger partial charge is 0.326 e. The minimum atomic E-state index is -1.26. The Bertz CT molecular complexity index is 366. The number of nitrogens with two attached hydrogens (primary N) is 1. The highest BCUT2D eigenvalue weighted by Gasteiger charge is 2.25. The van der Waals surface area contributed by atoms with E-state index in [1.54, 1.807) is 0 Å². The fourth-order valence-electron chi connectivity index (χ4n) is 2.00. The fraction of sp³-hybridized carbons (Fsp3) is 0.750. The normalized spacial score (nSPS) is 18.3. The zero-order valence-electron chi connectivity index (χ0n) is 11.5. The molecule has 0 aromatic carbocycles. The summed E-state index contributed by atoms with van der Waals surface area (Å²) in [7, 11) is 1.17. The van der Waals surface area contributed by atoms with Crippen molar-refractivity contribution in [3.05, 3.63) is 0 Å². The number of carboxylic acid groups (broad SMARTS) is 1. The first-order valence-electron chi connectivity index (χ1n) is 6.49. The summed E-state index contributed by atoms with van der Waals surface area (Å²) in [5.41, 5.74) is 5.76. The number of nitrogens with one attached hydrogen (secondary N) is 1. The Morgan fingerprint density at radius 3 is 2.50 bits per heavy atom. The van der Waals surface area contributed by atoms with Crippen molar-refractivity contribution in [3.8, 4) is 0 Å². The van der Waals surface area contributed by atoms with Crippen molar-refractivity contribution < 1.29 is 24.2 Å². The summed E-state index contributed by atoms with van der Waals surface area (Å²) in [5.74, 6) is -2.36. The van der Waals surface area contributed by atoms with Crippen LogP contribution in [0.1, 0.15) is 19.3 Å². The van der Waals surface area contributed by atoms with Crippen molar-refractivity contribution in [2.45, 2.75) is 31.3 Å². The van der Waals surface area contributed by atoms with Gasteiger partial charge in [0, 0.05) is 19.1 Å². The lowest BCUT2D eigenvalue weighted by atomic mass is 10.1. The SMILES string of the molecule is COC(=O)C[C@H](NC(=O)CN1CCC(N)CC1)C(=O)O. The number of hydrogen-bond acceptors (Lipinski definition) is 6. The first kappa shape index (κ1) is 16.4. The van der Waals surface area contributed by atoms with E-state index in [-0.39, 0.29) is 19.0 Å². The fourth-order valence-corrected chi connectivity index (χ4v) is 2.00. The Morgan fingerprint density at radius 1 is 1.40 bits per heavy atom. The molecule has 0 aromatic rings. The van der Waals surface area contributed by atoms with E-state index in [9.17, 15) is 14.4 Å². The van der Waals surface area contributed by atoms with Crippen molar-refractivity contribution in [2.24, 2.45) is 5.73 Å². The van der Waals surface area contributed by atoms with Crippen LogP contribution in [0.3, 0.4) is 0 Å². The Hall–Kier alpha value is -1.67. The van der Waals surface area contributed by atoms with E-state index in [0.29, 0.717) is 13.1 Å². The number of likely N-dealkylation sites (tertiary alicyclic amines) is 1. The van der Waals surface area contributed by atoms with Gasteiger partial charge in [0.2, 0.25) is 5.91 Å². The Labute approximate surface area is 117 Å². The van der Waals surface area contributed by atoms with E-state index in [2.05, 4.69) is 10.1 Å². The number of methoxy groups -OCH3 is 1. The molecule has 20 heavy (non-hydrogen) atoms. The van der Waals surface area contributed by atoms with E-state index in [1.807, 2.05) is 4.90 Å². The van der Waals surface area contributed by atoms with Crippen LogP contribution in [-0.4, -0.2) is 66.7 Å². The minimum absolute atomic E-state index is 0.109. The van der Waals surface area contributed by atoms with Crippen LogP contribution in [-0.2, 0) is 19.1 Å². The van der Waals surface area contributed by atoms with Gasteiger partial charge in [-0.25, -0.2) is 4.79 Å². The number of nitrogens with zero attached hydrogens (tertiary/aromatic N) is 1. The van der Waals surface area contributed by atoms with Crippen LogP contribution < -0.4 is 11.1 Å². The summed E-state index contributed by atoms with van der Waals surface area (Å²) in [6.45, 7) is 1.53. The molecule has 1 fully saturated rings. The zero-order chi connectivity index (χ0) is 15.1. The molecule has 1 aliphatic rings. The molecule has 1 atom stereocenters. The lowest BCUT2D eigenvalue weighted by Crippen LogP contribution is -2.49. The van der Waals surface area contributed by atoms with Crippen LogP contribution in [0.4, 0.5) is 0 Å². The second-order valence-electron chi connectivity index (χ2n) is 4.85. The quantitative estimate of drug-likeness (QED) is 0.510. The van der Waals surface area contributed by atoms with Crippen LogP contribution >= 0.6 is 0 Å². The average molecular weight is 287 g/mol. The largest absolute Gasteiger partial charge is 0.480 e. The minimum Gasteiger partial charge on any atom is -0.480 e. The average Bonchev–Trinajstić information content (AvgIpc) is 2.40. The molecule has 8 heteroatoms. The first-order chi connectivity index (χ1) is 9.42. The van der Waals surface area contributed by atoms with Gasteiger partial charge < -0.3 is 20.9 Å². The molecule has 4 N–H and O–H groups in total. The summed E-state index contributed by atoms with van der Waals surface area (Å²) < 4.78 is 4.40. The molecule has 1 rings (SSSR count). The van der Waals surface area contributed by atoms with Crippen LogP contribution in [0.2, 0.25) is 0 Å². The van der Waals surface area contributed by atoms with E-state index < -0.39 is 23.9 Å². The van der Waals surface area contributed by atoms with Gasteiger partial charge in [-0.05, 0) is 12.8 Å². The molecule has 0 saturated carbocycles. The molecule has 0 unspecified atom stereocenters. The van der Waals surface area contributed by atoms with Crippen LogP contribution in [0.15, 0.2) is 0 Å². The molecule has 0 aliphatic carbocycles. The number of carboxylic acids is 1. The zero-order valence-corrected chi connectivity index (χ0v) is 11.5. The molecule has 0 radical (unpaired) electrons. The number of ether oxygens (including phenoxy) is 1. The van der Waals surface area contributed by atoms with E-state index in [4.69, 9.17) is 10.8 Å². The number of hydrogen-bond donors (Lipinski definition) is 3. The highest BCUT2D eigenvalue weighted by molar-refractivity contribution is 5.87. The van der Waals surface area contributed by atoms with E-state index >= 15 is 0 Å². The third kappa shape index (κ3) is 5.54. The monoisotopic (exact) mass is 287 g/mol. The number of esters is 1. The van der Waals surface area contributed by atoms with E-state index in [1.165, 1.54) is 7.11 Å². The van der Waals surface area contributed by atoms with Crippen LogP contribution in [0, 0.1) is 0 Å². The van der Waals surface area contributed by atoms with Crippen molar-refractivity contribution in [1.82, 2.24) is 10.2 Å². The third-order valence-electron chi connectivity index (χ3n) is 3.23. The van der Waals surface area contributed by atoms with Crippen LogP contribution in [0.5, 0.6) is 0 Å². The number of rotatable bonds is 6. The molecule has 0 spiro atoms. The highest BCUT2D eigenvalue weighted by Crippen LogP contribution is 2.07. The molecule has 1 aliphatic heterocycles. The maximum Gasteiger partial charge on any atom is 0.326 e. The Kier molecular flexibility index (Phi) is 6.40. The number of carbonyl (C=O) groups excluding carboxylic acids is 2. The molecular weight excluding hydrogens is 266 g/mol. The molecular formula is C12H21N3O5. The molecule has 1 saturated heterocycles. The summed E-state index contributed by atoms with van der Waals surface area (Å²) in [4.78, 5) is 35.7. The van der Waals surface area contributed by atoms with Gasteiger partial charge in [0.25, 0.3) is 0 Å². The maximum absolute atomic E-state index is 11.8. The lowest BCUT2D eigenvalue weighted by molar-refractivity contribution is -0.148. The Morgan fingerprint density at radius 2 is 2.00 bits per heavy atom. The summed E-state index contributed by atoms with van der Waals surface area (Å²) in [6.07, 6.45) is 1.25. The third-order valence-corrected chi connectivity index (χ3v) is 3.23. The lowest BCUT2D eigenvalue weighted by Gasteiger charge is -2.29. The first-order valence-corrected chi connectivity index (χ1v) is 6.49. The molecule has 114 valence electrons. The van der Waals surface area contributed by atoms with Gasteiger partial charge in [0.1, 0.15) is 6.04 Å². The summed E-state index contributed by atoms with van der Waals surface area (Å²) >= 11 is 0. The van der Waals surface area contributed by atoms with Gasteiger partial charge in [-0.3, -0.25) is 14.5 Å². The second kappa shape index (κ2) is 7.81. The standard InChI is InChI=1S/C12H21N3O5/c1-20-11(17)6-9(12(18)19)14-10(16)7-15-4-2-8(13)3-5-15/h8-9H,2-7,13H2,1H3,(H,14,16)(H,18,19)/t9-/m0/s1. The summed E-state index contributed by atoms with van der Waals surface area (Å²) in [6, 6.07) is -1.09. The molecule has 8 nitrogen and oxygen atoms in total. The molecule has 1 heterocycles. The Balaban J connectivity index is 2.41. The second-order valence-corrected chi connectivity index (χ2v) is 4.85. The topological polar surface area (TPSA) is 122 Å². The van der Waals surface area contributed by atoms with Gasteiger partial charge in [-0.15, -0.1) is 0 Å². The number of amides is 1. The van der Waals surface area contributed by atoms with Crippen molar-refractivity contribution in [3.63, 3.8) is 0 Å². The number of carbonyl (C=O) groups is 3. The number of piperidine rings is 1.